The molecule has 0 unspecified atom stereocenters. The van der Waals surface area contributed by atoms with E-state index in [2.05, 4.69) is 0 Å². The van der Waals surface area contributed by atoms with Crippen LogP contribution < -0.4 is 0 Å². The molecule has 4 N–H and O–H groups in total. The smallest absolute Gasteiger partial charge is 0.0504 e. The predicted molar refractivity (Wildman–Crippen MR) is 71.9 cm³/mol. The minimum absolute atomic E-state index is 0.0451. The monoisotopic (exact) mass is 252 g/mol. The van der Waals surface area contributed by atoms with Crippen molar-refractivity contribution in [2.45, 2.75) is 52.4 Å². The molecule has 0 aromatic carbocycles. The summed E-state index contributed by atoms with van der Waals surface area (Å²) in [4.78, 5) is 0. The molecule has 0 aliphatic heterocycles. The number of hydrogen-bond donors (Lipinski definition) is 4. The van der Waals surface area contributed by atoms with E-state index in [0.29, 0.717) is 0 Å². The zero-order chi connectivity index (χ0) is 14.2. The van der Waals surface area contributed by atoms with Crippen LogP contribution in [0.25, 0.3) is 0 Å². The molecular weight excluding hydrogens is 220 g/mol. The molecule has 4 nitrogen and oxygen atoms in total. The molecule has 108 valence electrons. The largest absolute Gasteiger partial charge is 0.400 e. The molecule has 1 saturated carbocycles. The fourth-order valence-corrected chi connectivity index (χ4v) is 1.11. The minimum Gasteiger partial charge on any atom is -0.400 e. The molecule has 0 atom stereocenters. The maximum absolute atomic E-state index is 8.43. The second-order valence-electron chi connectivity index (χ2n) is 4.60. The molecule has 0 aromatic rings. The van der Waals surface area contributed by atoms with Crippen molar-refractivity contribution in [3.05, 3.63) is 0 Å². The number of aliphatic hydroxyl groups is 4. The molecule has 0 spiro atoms. The van der Waals surface area contributed by atoms with E-state index in [1.54, 1.807) is 13.8 Å². The first-order chi connectivity index (χ1) is 8.12. The summed E-state index contributed by atoms with van der Waals surface area (Å²) in [7, 11) is 2.00. The molecule has 1 rings (SSSR count). The first-order valence-electron chi connectivity index (χ1n) is 6.23. The van der Waals surface area contributed by atoms with Crippen molar-refractivity contribution in [2.24, 2.45) is 5.41 Å². The predicted octanol–water partition coefficient (Wildman–Crippen LogP) is 1.55. The van der Waals surface area contributed by atoms with E-state index < -0.39 is 0 Å². The molecular formula is C13H32O4. The van der Waals surface area contributed by atoms with Crippen LogP contribution >= 0.6 is 0 Å². The maximum Gasteiger partial charge on any atom is 0.0504 e. The molecule has 0 radical (unpaired) electrons. The second-order valence-corrected chi connectivity index (χ2v) is 4.60. The van der Waals surface area contributed by atoms with Crippen LogP contribution in [0.15, 0.2) is 0 Å². The van der Waals surface area contributed by atoms with Crippen LogP contribution in [-0.2, 0) is 0 Å². The molecule has 0 amide bonds. The van der Waals surface area contributed by atoms with Crippen LogP contribution in [0, 0.1) is 5.41 Å². The molecule has 0 heterocycles. The highest BCUT2D eigenvalue weighted by Gasteiger charge is 2.13. The van der Waals surface area contributed by atoms with E-state index in [9.17, 15) is 0 Å². The van der Waals surface area contributed by atoms with Crippen molar-refractivity contribution in [1.29, 1.82) is 0 Å². The Bertz CT molecular complexity index is 94.5. The summed E-state index contributed by atoms with van der Waals surface area (Å²) in [6.07, 6.45) is 9.00. The Balaban J connectivity index is -0.000000179. The topological polar surface area (TPSA) is 80.9 Å². The van der Waals surface area contributed by atoms with Crippen LogP contribution in [-0.4, -0.2) is 47.9 Å². The van der Waals surface area contributed by atoms with Gasteiger partial charge in [-0.25, -0.2) is 0 Å². The van der Waals surface area contributed by atoms with Crippen LogP contribution in [0.1, 0.15) is 52.4 Å². The lowest BCUT2D eigenvalue weighted by atomic mass is 9.97. The van der Waals surface area contributed by atoms with Gasteiger partial charge in [0.25, 0.3) is 0 Å². The van der Waals surface area contributed by atoms with Gasteiger partial charge in [-0.3, -0.25) is 0 Å². The minimum atomic E-state index is -0.306. The summed E-state index contributed by atoms with van der Waals surface area (Å²) in [6.45, 7) is 3.69. The van der Waals surface area contributed by atoms with Crippen LogP contribution in [0.4, 0.5) is 0 Å². The Kier molecular flexibility index (Phi) is 23.6. The van der Waals surface area contributed by atoms with Gasteiger partial charge in [-0.2, -0.15) is 0 Å². The van der Waals surface area contributed by atoms with Crippen molar-refractivity contribution >= 4 is 0 Å². The zero-order valence-electron chi connectivity index (χ0n) is 11.9. The lowest BCUT2D eigenvalue weighted by molar-refractivity contribution is 0.0857. The molecule has 0 aromatic heterocycles. The second kappa shape index (κ2) is 18.2. The summed E-state index contributed by atoms with van der Waals surface area (Å²) in [5, 5.41) is 30.9. The lowest BCUT2D eigenvalue weighted by Gasteiger charge is -2.16. The summed E-state index contributed by atoms with van der Waals surface area (Å²) < 4.78 is 0. The maximum atomic E-state index is 8.43. The molecule has 1 aliphatic carbocycles. The highest BCUT2D eigenvalue weighted by atomic mass is 16.3. The van der Waals surface area contributed by atoms with Gasteiger partial charge >= 0.3 is 0 Å². The fraction of sp³-hybridized carbons (Fsp3) is 1.00. The Morgan fingerprint density at radius 2 is 0.824 bits per heavy atom. The van der Waals surface area contributed by atoms with E-state index in [1.165, 1.54) is 38.5 Å². The van der Waals surface area contributed by atoms with Crippen molar-refractivity contribution in [2.75, 3.05) is 27.4 Å². The first kappa shape index (κ1) is 22.1. The average molecular weight is 252 g/mol. The van der Waals surface area contributed by atoms with Gasteiger partial charge in [-0.1, -0.05) is 52.4 Å². The Labute approximate surface area is 106 Å². The fourth-order valence-electron chi connectivity index (χ4n) is 1.11. The third-order valence-electron chi connectivity index (χ3n) is 2.36. The summed E-state index contributed by atoms with van der Waals surface area (Å²) in [5.41, 5.74) is -0.306. The zero-order valence-corrected chi connectivity index (χ0v) is 11.9. The van der Waals surface area contributed by atoms with Gasteiger partial charge in [0.05, 0.1) is 13.2 Å². The average Bonchev–Trinajstić information content (AvgIpc) is 2.46. The third-order valence-corrected chi connectivity index (χ3v) is 2.36. The van der Waals surface area contributed by atoms with E-state index in [0.717, 1.165) is 14.2 Å². The number of rotatable bonds is 2. The summed E-state index contributed by atoms with van der Waals surface area (Å²) >= 11 is 0. The summed E-state index contributed by atoms with van der Waals surface area (Å²) in [6, 6.07) is 0. The van der Waals surface area contributed by atoms with Crippen LogP contribution in [0.2, 0.25) is 0 Å². The SMILES string of the molecule is C1CCCCC1.CC(C)(CO)CO.CO.CO. The van der Waals surface area contributed by atoms with E-state index >= 15 is 0 Å². The number of aliphatic hydroxyl groups excluding tert-OH is 4. The number of hydrogen-bond acceptors (Lipinski definition) is 4. The quantitative estimate of drug-likeness (QED) is 0.601. The molecule has 17 heavy (non-hydrogen) atoms. The van der Waals surface area contributed by atoms with Crippen LogP contribution in [0.5, 0.6) is 0 Å². The van der Waals surface area contributed by atoms with Crippen LogP contribution in [0.3, 0.4) is 0 Å². The third kappa shape index (κ3) is 21.6. The van der Waals surface area contributed by atoms with Crippen molar-refractivity contribution in [3.8, 4) is 0 Å². The van der Waals surface area contributed by atoms with Gasteiger partial charge in [0.2, 0.25) is 0 Å². The summed E-state index contributed by atoms with van der Waals surface area (Å²) in [5.74, 6) is 0. The van der Waals surface area contributed by atoms with Gasteiger partial charge in [-0.15, -0.1) is 0 Å². The van der Waals surface area contributed by atoms with Gasteiger partial charge < -0.3 is 20.4 Å². The Hall–Kier alpha value is -0.160. The van der Waals surface area contributed by atoms with E-state index in [4.69, 9.17) is 20.4 Å². The molecule has 1 fully saturated rings. The standard InChI is InChI=1S/C6H12.C5H12O2.2CH4O/c1-2-4-6-5-3-1;1-5(2,3-6)4-7;2*1-2/h1-6H2;6-7H,3-4H2,1-2H3;2*2H,1H3. The molecule has 1 aliphatic rings. The van der Waals surface area contributed by atoms with Crippen molar-refractivity contribution in [1.82, 2.24) is 0 Å². The molecule has 0 saturated heterocycles. The lowest BCUT2D eigenvalue weighted by Crippen LogP contribution is -2.20. The van der Waals surface area contributed by atoms with Gasteiger partial charge in [0.15, 0.2) is 0 Å². The molecule has 0 bridgehead atoms. The highest BCUT2D eigenvalue weighted by Crippen LogP contribution is 2.15. The van der Waals surface area contributed by atoms with Crippen molar-refractivity contribution < 1.29 is 20.4 Å². The van der Waals surface area contributed by atoms with Crippen molar-refractivity contribution in [3.63, 3.8) is 0 Å². The first-order valence-corrected chi connectivity index (χ1v) is 6.23. The molecule has 4 heteroatoms. The van der Waals surface area contributed by atoms with E-state index in [1.807, 2.05) is 0 Å². The van der Waals surface area contributed by atoms with Gasteiger partial charge in [0, 0.05) is 19.6 Å². The highest BCUT2D eigenvalue weighted by molar-refractivity contribution is 4.62. The van der Waals surface area contributed by atoms with Gasteiger partial charge in [0.1, 0.15) is 0 Å². The van der Waals surface area contributed by atoms with Gasteiger partial charge in [-0.05, 0) is 0 Å². The normalized spacial score (nSPS) is 14.1. The Morgan fingerprint density at radius 1 is 0.647 bits per heavy atom. The van der Waals surface area contributed by atoms with E-state index in [-0.39, 0.29) is 18.6 Å². The Morgan fingerprint density at radius 3 is 0.882 bits per heavy atom.